The van der Waals surface area contributed by atoms with Crippen molar-refractivity contribution in [2.45, 2.75) is 32.7 Å². The van der Waals surface area contributed by atoms with Gasteiger partial charge in [-0.05, 0) is 94.8 Å². The summed E-state index contributed by atoms with van der Waals surface area (Å²) in [6.45, 7) is 4.55. The molecule has 3 nitrogen and oxygen atoms in total. The number of fused-ring (bicyclic) bond motifs is 6. The normalized spacial score (nSPS) is 13.6. The number of thiophene rings is 2. The van der Waals surface area contributed by atoms with Crippen LogP contribution in [-0.4, -0.2) is 5.84 Å². The lowest BCUT2D eigenvalue weighted by atomic mass is 9.89. The minimum atomic E-state index is -0.0632. The Morgan fingerprint density at radius 2 is 1.18 bits per heavy atom. The Morgan fingerprint density at radius 1 is 0.525 bits per heavy atom. The van der Waals surface area contributed by atoms with E-state index in [0.717, 1.165) is 35.6 Å². The van der Waals surface area contributed by atoms with Crippen LogP contribution < -0.4 is 10.2 Å². The Labute approximate surface area is 364 Å². The van der Waals surface area contributed by atoms with Crippen LogP contribution in [0.3, 0.4) is 0 Å². The lowest BCUT2D eigenvalue weighted by Gasteiger charge is -2.30. The highest BCUT2D eigenvalue weighted by atomic mass is 32.1. The maximum absolute atomic E-state index is 5.51. The molecular weight excluding hydrogens is 779 g/mol. The number of nitrogens with one attached hydrogen (secondary N) is 1. The second-order valence-corrected chi connectivity index (χ2v) is 17.8. The van der Waals surface area contributed by atoms with E-state index in [1.807, 2.05) is 22.7 Å². The summed E-state index contributed by atoms with van der Waals surface area (Å²) in [5.74, 6) is 0.889. The van der Waals surface area contributed by atoms with Gasteiger partial charge in [-0.3, -0.25) is 0 Å². The van der Waals surface area contributed by atoms with Crippen LogP contribution in [0.2, 0.25) is 0 Å². The van der Waals surface area contributed by atoms with E-state index in [1.54, 1.807) is 0 Å². The second kappa shape index (κ2) is 15.7. The number of para-hydroxylation sites is 1. The number of hydrogen-bond donors (Lipinski definition) is 1. The zero-order valence-corrected chi connectivity index (χ0v) is 35.7. The Bertz CT molecular complexity index is 3270. The first-order valence-electron chi connectivity index (χ1n) is 21.2. The Hall–Kier alpha value is -6.79. The van der Waals surface area contributed by atoms with E-state index in [4.69, 9.17) is 4.99 Å². The van der Waals surface area contributed by atoms with E-state index >= 15 is 0 Å². The molecule has 1 aliphatic rings. The van der Waals surface area contributed by atoms with Crippen LogP contribution in [0.4, 0.5) is 22.7 Å². The Kier molecular flexibility index (Phi) is 9.56. The highest BCUT2D eigenvalue weighted by Crippen LogP contribution is 2.50. The monoisotopic (exact) mass is 821 g/mol. The van der Waals surface area contributed by atoms with Crippen LogP contribution >= 0.6 is 22.7 Å². The quantitative estimate of drug-likeness (QED) is 0.157. The van der Waals surface area contributed by atoms with Crippen LogP contribution in [0.25, 0.3) is 52.5 Å². The van der Waals surface area contributed by atoms with Crippen LogP contribution in [0, 0.1) is 0 Å². The van der Waals surface area contributed by atoms with Crippen LogP contribution in [0.15, 0.2) is 193 Å². The number of amidine groups is 1. The van der Waals surface area contributed by atoms with E-state index < -0.39 is 0 Å². The van der Waals surface area contributed by atoms with Crippen molar-refractivity contribution < 1.29 is 0 Å². The van der Waals surface area contributed by atoms with Crippen LogP contribution in [0.1, 0.15) is 47.0 Å². The van der Waals surface area contributed by atoms with E-state index in [9.17, 15) is 0 Å². The number of aliphatic imine (C=N–C) groups is 1. The predicted octanol–water partition coefficient (Wildman–Crippen LogP) is 16.0. The summed E-state index contributed by atoms with van der Waals surface area (Å²) < 4.78 is 3.84. The summed E-state index contributed by atoms with van der Waals surface area (Å²) in [6.07, 6.45) is 1.80. The van der Waals surface area contributed by atoms with Gasteiger partial charge in [0.15, 0.2) is 0 Å². The molecule has 5 heteroatoms. The minimum Gasteiger partial charge on any atom is -0.358 e. The molecule has 2 aromatic heterocycles. The first kappa shape index (κ1) is 37.2. The summed E-state index contributed by atoms with van der Waals surface area (Å²) in [7, 11) is 0. The molecule has 0 spiro atoms. The molecular formula is C56H43N3S2. The third-order valence-electron chi connectivity index (χ3n) is 12.1. The molecule has 1 unspecified atom stereocenters. The fourth-order valence-electron chi connectivity index (χ4n) is 9.16. The highest BCUT2D eigenvalue weighted by molar-refractivity contribution is 7.26. The smallest absolute Gasteiger partial charge is 0.134 e. The number of anilines is 3. The van der Waals surface area contributed by atoms with Gasteiger partial charge in [-0.15, -0.1) is 22.7 Å². The summed E-state index contributed by atoms with van der Waals surface area (Å²) >= 11 is 3.72. The number of nitrogens with zero attached hydrogens (tertiary/aromatic N) is 2. The topological polar surface area (TPSA) is 27.6 Å². The van der Waals surface area contributed by atoms with Crippen molar-refractivity contribution in [2.75, 3.05) is 4.90 Å². The van der Waals surface area contributed by atoms with Gasteiger partial charge in [0.1, 0.15) is 5.84 Å². The molecule has 0 saturated heterocycles. The molecule has 294 valence electrons. The Balaban J connectivity index is 1.10. The molecule has 1 atom stereocenters. The molecule has 0 fully saturated rings. The molecule has 10 aromatic rings. The van der Waals surface area contributed by atoms with Crippen molar-refractivity contribution in [2.24, 2.45) is 4.99 Å². The van der Waals surface area contributed by atoms with Gasteiger partial charge in [0, 0.05) is 42.4 Å². The van der Waals surface area contributed by atoms with E-state index in [0.29, 0.717) is 0 Å². The summed E-state index contributed by atoms with van der Waals surface area (Å²) in [4.78, 5) is 9.25. The fraction of sp³-hybridized carbons (Fsp3) is 0.0893. The van der Waals surface area contributed by atoms with Gasteiger partial charge < -0.3 is 10.2 Å². The maximum Gasteiger partial charge on any atom is 0.134 e. The van der Waals surface area contributed by atoms with Gasteiger partial charge in [-0.25, -0.2) is 4.99 Å². The first-order chi connectivity index (χ1) is 30.2. The van der Waals surface area contributed by atoms with E-state index in [2.05, 4.69) is 212 Å². The van der Waals surface area contributed by atoms with Gasteiger partial charge in [-0.2, -0.15) is 0 Å². The van der Waals surface area contributed by atoms with Gasteiger partial charge in [0.2, 0.25) is 0 Å². The molecule has 0 radical (unpaired) electrons. The Morgan fingerprint density at radius 3 is 1.98 bits per heavy atom. The highest BCUT2D eigenvalue weighted by Gasteiger charge is 2.30. The fourth-order valence-corrected chi connectivity index (χ4v) is 11.6. The van der Waals surface area contributed by atoms with Crippen molar-refractivity contribution in [3.05, 3.63) is 215 Å². The lowest BCUT2D eigenvalue weighted by molar-refractivity contribution is 0.766. The minimum absolute atomic E-state index is 0.0632. The van der Waals surface area contributed by atoms with Crippen molar-refractivity contribution in [1.82, 2.24) is 5.32 Å². The molecule has 11 rings (SSSR count). The van der Waals surface area contributed by atoms with Gasteiger partial charge in [0.25, 0.3) is 0 Å². The maximum atomic E-state index is 5.51. The second-order valence-electron chi connectivity index (χ2n) is 15.7. The summed E-state index contributed by atoms with van der Waals surface area (Å²) in [5, 5.41) is 7.78. The zero-order valence-electron chi connectivity index (χ0n) is 34.1. The largest absolute Gasteiger partial charge is 0.358 e. The van der Waals surface area contributed by atoms with Crippen molar-refractivity contribution in [3.63, 3.8) is 0 Å². The first-order valence-corrected chi connectivity index (χ1v) is 22.8. The molecule has 0 saturated carbocycles. The standard InChI is InChI=1S/C56H43N3S2/c1-3-36-32-33-41(56-57-52(55-53(58-56)45-26-12-14-31-50(45)61-55)40-22-15-21-39(34-40)38-18-7-5-8-19-38)35-46(36)51-37(4-2)20-16-28-47(51)59(42-23-9-6-10-24-42)48-29-17-27-44-43-25-11-13-30-49(43)60-54(44)48/h5-35,52H,3-4H2,1-2H3,(H,57,58). The molecule has 1 aliphatic heterocycles. The predicted molar refractivity (Wildman–Crippen MR) is 263 cm³/mol. The number of benzene rings is 8. The van der Waals surface area contributed by atoms with Gasteiger partial charge >= 0.3 is 0 Å². The summed E-state index contributed by atoms with van der Waals surface area (Å²) in [5.41, 5.74) is 14.4. The molecule has 3 heterocycles. The third-order valence-corrected chi connectivity index (χ3v) is 14.5. The van der Waals surface area contributed by atoms with E-state index in [-0.39, 0.29) is 6.04 Å². The lowest BCUT2D eigenvalue weighted by Crippen LogP contribution is -2.32. The average molecular weight is 822 g/mol. The van der Waals surface area contributed by atoms with Gasteiger partial charge in [0.05, 0.1) is 32.7 Å². The summed E-state index contributed by atoms with van der Waals surface area (Å²) in [6, 6.07) is 68.6. The SMILES string of the molecule is CCc1ccc(C2=Nc3c(sc4ccccc34)C(c3cccc(-c4ccccc4)c3)N2)cc1-c1c(CC)cccc1N(c1ccccc1)c1cccc2c1sc1ccccc12. The average Bonchev–Trinajstić information content (AvgIpc) is 3.91. The third kappa shape index (κ3) is 6.53. The van der Waals surface area contributed by atoms with Crippen LogP contribution in [-0.2, 0) is 12.8 Å². The molecule has 61 heavy (non-hydrogen) atoms. The van der Waals surface area contributed by atoms with Crippen LogP contribution in [0.5, 0.6) is 0 Å². The molecule has 0 bridgehead atoms. The van der Waals surface area contributed by atoms with Crippen molar-refractivity contribution in [1.29, 1.82) is 0 Å². The molecule has 8 aromatic carbocycles. The van der Waals surface area contributed by atoms with E-state index in [1.165, 1.54) is 85.5 Å². The van der Waals surface area contributed by atoms with Crippen molar-refractivity contribution >= 4 is 81.5 Å². The molecule has 0 aliphatic carbocycles. The van der Waals surface area contributed by atoms with Gasteiger partial charge in [-0.1, -0.05) is 153 Å². The zero-order chi connectivity index (χ0) is 40.9. The van der Waals surface area contributed by atoms with Crippen molar-refractivity contribution in [3.8, 4) is 22.3 Å². The number of hydrogen-bond acceptors (Lipinski definition) is 5. The molecule has 1 N–H and O–H groups in total. The molecule has 0 amide bonds. The number of aryl methyl sites for hydroxylation is 2. The number of rotatable bonds is 9.